The van der Waals surface area contributed by atoms with Crippen LogP contribution in [0.2, 0.25) is 0 Å². The standard InChI is InChI=1S/C18H18N4O4S2/c1-3-16-20-21-18(27-16)22-28(24,25)15-10-6-13(7-11-15)19-17(23)12-4-8-14(26-2)9-5-12/h4-11H,3H2,1-2H3,(H,19,23)(H,21,22). The van der Waals surface area contributed by atoms with Gasteiger partial charge in [0.05, 0.1) is 12.0 Å². The van der Waals surface area contributed by atoms with Crippen LogP contribution in [0.4, 0.5) is 10.8 Å². The number of rotatable bonds is 7. The fourth-order valence-corrected chi connectivity index (χ4v) is 4.18. The van der Waals surface area contributed by atoms with Gasteiger partial charge in [0.1, 0.15) is 10.8 Å². The van der Waals surface area contributed by atoms with E-state index in [1.807, 2.05) is 6.92 Å². The van der Waals surface area contributed by atoms with Gasteiger partial charge >= 0.3 is 0 Å². The number of carbonyl (C=O) groups is 1. The van der Waals surface area contributed by atoms with Crippen LogP contribution in [0.3, 0.4) is 0 Å². The van der Waals surface area contributed by atoms with Gasteiger partial charge in [-0.2, -0.15) is 0 Å². The van der Waals surface area contributed by atoms with Crippen molar-refractivity contribution in [2.75, 3.05) is 17.1 Å². The zero-order valence-electron chi connectivity index (χ0n) is 15.2. The Morgan fingerprint density at radius 1 is 1.07 bits per heavy atom. The molecule has 0 atom stereocenters. The van der Waals surface area contributed by atoms with Crippen LogP contribution in [0, 0.1) is 0 Å². The molecule has 0 aliphatic heterocycles. The molecule has 0 saturated carbocycles. The SMILES string of the molecule is CCc1nnc(NS(=O)(=O)c2ccc(NC(=O)c3ccc(OC)cc3)cc2)s1. The number of aryl methyl sites for hydroxylation is 1. The number of methoxy groups -OCH3 is 1. The molecule has 1 aromatic heterocycles. The number of carbonyl (C=O) groups excluding carboxylic acids is 1. The largest absolute Gasteiger partial charge is 0.497 e. The molecular weight excluding hydrogens is 400 g/mol. The Morgan fingerprint density at radius 2 is 1.75 bits per heavy atom. The van der Waals surface area contributed by atoms with Crippen LogP contribution in [0.15, 0.2) is 53.4 Å². The number of anilines is 2. The third kappa shape index (κ3) is 4.65. The molecule has 2 aromatic carbocycles. The molecule has 0 unspecified atom stereocenters. The first-order valence-corrected chi connectivity index (χ1v) is 10.6. The summed E-state index contributed by atoms with van der Waals surface area (Å²) in [5, 5.41) is 11.4. The minimum atomic E-state index is -3.78. The molecule has 8 nitrogen and oxygen atoms in total. The number of hydrogen-bond donors (Lipinski definition) is 2. The second-order valence-electron chi connectivity index (χ2n) is 5.67. The summed E-state index contributed by atoms with van der Waals surface area (Å²) in [7, 11) is -2.23. The van der Waals surface area contributed by atoms with Crippen molar-refractivity contribution in [3.63, 3.8) is 0 Å². The van der Waals surface area contributed by atoms with Crippen molar-refractivity contribution in [2.24, 2.45) is 0 Å². The average molecular weight is 419 g/mol. The highest BCUT2D eigenvalue weighted by molar-refractivity contribution is 7.93. The summed E-state index contributed by atoms with van der Waals surface area (Å²) in [5.41, 5.74) is 0.936. The maximum absolute atomic E-state index is 12.4. The lowest BCUT2D eigenvalue weighted by molar-refractivity contribution is 0.102. The molecule has 3 aromatic rings. The van der Waals surface area contributed by atoms with E-state index in [-0.39, 0.29) is 15.9 Å². The highest BCUT2D eigenvalue weighted by atomic mass is 32.2. The van der Waals surface area contributed by atoms with Gasteiger partial charge in [0, 0.05) is 11.3 Å². The molecule has 28 heavy (non-hydrogen) atoms. The van der Waals surface area contributed by atoms with E-state index in [4.69, 9.17) is 4.74 Å². The van der Waals surface area contributed by atoms with E-state index in [2.05, 4.69) is 20.2 Å². The Labute approximate surface area is 166 Å². The quantitative estimate of drug-likeness (QED) is 0.610. The number of sulfonamides is 1. The van der Waals surface area contributed by atoms with Crippen LogP contribution >= 0.6 is 11.3 Å². The zero-order chi connectivity index (χ0) is 20.1. The lowest BCUT2D eigenvalue weighted by Gasteiger charge is -2.08. The summed E-state index contributed by atoms with van der Waals surface area (Å²) >= 11 is 1.19. The first-order chi connectivity index (χ1) is 13.4. The molecular formula is C18H18N4O4S2. The smallest absolute Gasteiger partial charge is 0.263 e. The normalized spacial score (nSPS) is 11.1. The van der Waals surface area contributed by atoms with Gasteiger partial charge in [0.2, 0.25) is 5.13 Å². The van der Waals surface area contributed by atoms with E-state index in [1.54, 1.807) is 31.4 Å². The van der Waals surface area contributed by atoms with E-state index in [1.165, 1.54) is 35.6 Å². The first-order valence-electron chi connectivity index (χ1n) is 8.32. The van der Waals surface area contributed by atoms with Gasteiger partial charge in [-0.3, -0.25) is 9.52 Å². The van der Waals surface area contributed by atoms with E-state index in [9.17, 15) is 13.2 Å². The molecule has 1 amide bonds. The molecule has 146 valence electrons. The third-order valence-corrected chi connectivity index (χ3v) is 6.23. The van der Waals surface area contributed by atoms with Gasteiger partial charge in [-0.1, -0.05) is 18.3 Å². The zero-order valence-corrected chi connectivity index (χ0v) is 16.8. The van der Waals surface area contributed by atoms with E-state index >= 15 is 0 Å². The van der Waals surface area contributed by atoms with Crippen LogP contribution in [0.25, 0.3) is 0 Å². The van der Waals surface area contributed by atoms with Crippen molar-refractivity contribution in [2.45, 2.75) is 18.2 Å². The average Bonchev–Trinajstić information content (AvgIpc) is 3.15. The number of amides is 1. The van der Waals surface area contributed by atoms with Crippen LogP contribution < -0.4 is 14.8 Å². The lowest BCUT2D eigenvalue weighted by atomic mass is 10.2. The Morgan fingerprint density at radius 3 is 2.32 bits per heavy atom. The molecule has 2 N–H and O–H groups in total. The maximum atomic E-state index is 12.4. The summed E-state index contributed by atoms with van der Waals surface area (Å²) < 4.78 is 32.4. The highest BCUT2D eigenvalue weighted by Gasteiger charge is 2.17. The number of hydrogen-bond acceptors (Lipinski definition) is 7. The molecule has 0 radical (unpaired) electrons. The van der Waals surface area contributed by atoms with Crippen LogP contribution in [-0.4, -0.2) is 31.6 Å². The second kappa shape index (κ2) is 8.36. The molecule has 3 rings (SSSR count). The highest BCUT2D eigenvalue weighted by Crippen LogP contribution is 2.21. The Hall–Kier alpha value is -2.98. The van der Waals surface area contributed by atoms with E-state index < -0.39 is 10.0 Å². The van der Waals surface area contributed by atoms with Crippen LogP contribution in [0.1, 0.15) is 22.3 Å². The molecule has 0 bridgehead atoms. The summed E-state index contributed by atoms with van der Waals surface area (Å²) in [6.45, 7) is 1.91. The van der Waals surface area contributed by atoms with Crippen LogP contribution in [0.5, 0.6) is 5.75 Å². The van der Waals surface area contributed by atoms with E-state index in [0.717, 1.165) is 5.01 Å². The van der Waals surface area contributed by atoms with Gasteiger partial charge in [0.15, 0.2) is 0 Å². The Kier molecular flexibility index (Phi) is 5.90. The summed E-state index contributed by atoms with van der Waals surface area (Å²) in [5.74, 6) is 0.345. The van der Waals surface area contributed by atoms with Crippen molar-refractivity contribution in [3.05, 3.63) is 59.1 Å². The van der Waals surface area contributed by atoms with Crippen molar-refractivity contribution >= 4 is 38.1 Å². The summed E-state index contributed by atoms with van der Waals surface area (Å²) in [6.07, 6.45) is 0.683. The summed E-state index contributed by atoms with van der Waals surface area (Å²) in [6, 6.07) is 12.5. The fraction of sp³-hybridized carbons (Fsp3) is 0.167. The lowest BCUT2D eigenvalue weighted by Crippen LogP contribution is -2.14. The number of aromatic nitrogens is 2. The minimum Gasteiger partial charge on any atom is -0.497 e. The van der Waals surface area contributed by atoms with Crippen molar-refractivity contribution in [3.8, 4) is 5.75 Å². The maximum Gasteiger partial charge on any atom is 0.263 e. The fourth-order valence-electron chi connectivity index (χ4n) is 2.27. The molecule has 0 spiro atoms. The second-order valence-corrected chi connectivity index (χ2v) is 8.41. The number of nitrogens with zero attached hydrogens (tertiary/aromatic N) is 2. The molecule has 1 heterocycles. The van der Waals surface area contributed by atoms with Crippen molar-refractivity contribution < 1.29 is 17.9 Å². The van der Waals surface area contributed by atoms with Crippen molar-refractivity contribution in [1.82, 2.24) is 10.2 Å². The van der Waals surface area contributed by atoms with Gasteiger partial charge in [-0.05, 0) is 55.0 Å². The molecule has 0 saturated heterocycles. The van der Waals surface area contributed by atoms with Gasteiger partial charge in [0.25, 0.3) is 15.9 Å². The predicted molar refractivity (Wildman–Crippen MR) is 107 cm³/mol. The Balaban J connectivity index is 1.68. The van der Waals surface area contributed by atoms with Crippen LogP contribution in [-0.2, 0) is 16.4 Å². The number of benzene rings is 2. The molecule has 10 heteroatoms. The monoisotopic (exact) mass is 418 g/mol. The number of nitrogens with one attached hydrogen (secondary N) is 2. The van der Waals surface area contributed by atoms with Gasteiger partial charge < -0.3 is 10.1 Å². The van der Waals surface area contributed by atoms with Gasteiger partial charge in [-0.25, -0.2) is 8.42 Å². The molecule has 0 aliphatic carbocycles. The number of ether oxygens (including phenoxy) is 1. The van der Waals surface area contributed by atoms with E-state index in [0.29, 0.717) is 23.4 Å². The molecule has 0 fully saturated rings. The minimum absolute atomic E-state index is 0.0585. The first kappa shape index (κ1) is 19.8. The topological polar surface area (TPSA) is 110 Å². The predicted octanol–water partition coefficient (Wildman–Crippen LogP) is 3.16. The molecule has 0 aliphatic rings. The van der Waals surface area contributed by atoms with Crippen molar-refractivity contribution in [1.29, 1.82) is 0 Å². The van der Waals surface area contributed by atoms with Gasteiger partial charge in [-0.15, -0.1) is 10.2 Å². The Bertz CT molecular complexity index is 1060. The third-order valence-electron chi connectivity index (χ3n) is 3.77. The summed E-state index contributed by atoms with van der Waals surface area (Å²) in [4.78, 5) is 12.3.